The van der Waals surface area contributed by atoms with E-state index in [-0.39, 0.29) is 17.3 Å². The van der Waals surface area contributed by atoms with Crippen LogP contribution < -0.4 is 10.1 Å². The van der Waals surface area contributed by atoms with Gasteiger partial charge in [-0.05, 0) is 80.7 Å². The Hall–Kier alpha value is -2.88. The summed E-state index contributed by atoms with van der Waals surface area (Å²) in [7, 11) is 0. The first-order valence-electron chi connectivity index (χ1n) is 11.7. The average molecular weight is 432 g/mol. The van der Waals surface area contributed by atoms with Crippen LogP contribution >= 0.6 is 0 Å². The number of allylic oxidation sites excluding steroid dienone is 1. The van der Waals surface area contributed by atoms with E-state index in [0.717, 1.165) is 54.5 Å². The number of hydrogen-bond acceptors (Lipinski definition) is 4. The third kappa shape index (κ3) is 4.50. The van der Waals surface area contributed by atoms with Crippen LogP contribution in [0.4, 0.5) is 5.69 Å². The van der Waals surface area contributed by atoms with Crippen LogP contribution in [0.15, 0.2) is 48.0 Å². The summed E-state index contributed by atoms with van der Waals surface area (Å²) in [5, 5.41) is 3.65. The Morgan fingerprint density at radius 3 is 2.62 bits per heavy atom. The largest absolute Gasteiger partial charge is 0.426 e. The van der Waals surface area contributed by atoms with E-state index in [1.54, 1.807) is 0 Å². The fourth-order valence-electron chi connectivity index (χ4n) is 5.12. The molecule has 0 saturated heterocycles. The van der Waals surface area contributed by atoms with Gasteiger partial charge in [0.05, 0.1) is 5.54 Å². The molecule has 2 aromatic rings. The molecule has 32 heavy (non-hydrogen) atoms. The van der Waals surface area contributed by atoms with Gasteiger partial charge in [-0.3, -0.25) is 9.59 Å². The quantitative estimate of drug-likeness (QED) is 0.422. The molecular weight excluding hydrogens is 398 g/mol. The van der Waals surface area contributed by atoms with Crippen LogP contribution in [0.25, 0.3) is 5.57 Å². The highest BCUT2D eigenvalue weighted by Crippen LogP contribution is 2.46. The zero-order valence-corrected chi connectivity index (χ0v) is 19.6. The van der Waals surface area contributed by atoms with E-state index in [2.05, 4.69) is 56.4 Å². The van der Waals surface area contributed by atoms with E-state index in [1.165, 1.54) is 18.1 Å². The number of carbonyl (C=O) groups excluding carboxylic acids is 2. The van der Waals surface area contributed by atoms with Gasteiger partial charge in [0.25, 0.3) is 0 Å². The second-order valence-corrected chi connectivity index (χ2v) is 9.68. The summed E-state index contributed by atoms with van der Waals surface area (Å²) in [4.78, 5) is 24.7. The van der Waals surface area contributed by atoms with Crippen molar-refractivity contribution < 1.29 is 14.3 Å². The van der Waals surface area contributed by atoms with Crippen molar-refractivity contribution in [2.45, 2.75) is 77.7 Å². The highest BCUT2D eigenvalue weighted by Gasteiger charge is 2.37. The summed E-state index contributed by atoms with van der Waals surface area (Å²) in [6.45, 7) is 7.97. The van der Waals surface area contributed by atoms with Gasteiger partial charge in [-0.15, -0.1) is 0 Å². The SMILES string of the molecule is CC(=O)Oc1cc2c(cc1CCCC(C)c1ccccc1)NC(C)(C)C1=C2C(=O)CCC1. The van der Waals surface area contributed by atoms with Crippen LogP contribution in [0.2, 0.25) is 0 Å². The van der Waals surface area contributed by atoms with Gasteiger partial charge in [0.15, 0.2) is 5.78 Å². The Labute approximate surface area is 191 Å². The molecule has 4 heteroatoms. The number of fused-ring (bicyclic) bond motifs is 2. The number of anilines is 1. The molecule has 1 N–H and O–H groups in total. The lowest BCUT2D eigenvalue weighted by Gasteiger charge is -2.40. The van der Waals surface area contributed by atoms with E-state index >= 15 is 0 Å². The Kier molecular flexibility index (Phi) is 6.23. The van der Waals surface area contributed by atoms with Gasteiger partial charge in [-0.25, -0.2) is 0 Å². The summed E-state index contributed by atoms with van der Waals surface area (Å²) < 4.78 is 5.62. The van der Waals surface area contributed by atoms with E-state index < -0.39 is 0 Å². The molecule has 1 unspecified atom stereocenters. The molecule has 0 fully saturated rings. The molecule has 0 radical (unpaired) electrons. The van der Waals surface area contributed by atoms with Crippen molar-refractivity contribution in [1.82, 2.24) is 0 Å². The average Bonchev–Trinajstić information content (AvgIpc) is 2.75. The minimum atomic E-state index is -0.336. The van der Waals surface area contributed by atoms with Crippen molar-refractivity contribution in [3.05, 3.63) is 64.7 Å². The van der Waals surface area contributed by atoms with E-state index in [0.29, 0.717) is 18.1 Å². The normalized spacial score (nSPS) is 17.8. The minimum absolute atomic E-state index is 0.195. The van der Waals surface area contributed by atoms with Gasteiger partial charge in [0.1, 0.15) is 5.75 Å². The zero-order chi connectivity index (χ0) is 22.9. The van der Waals surface area contributed by atoms with Crippen LogP contribution in [-0.2, 0) is 16.0 Å². The standard InChI is InChI=1S/C28H33NO3/c1-18(20-11-6-5-7-12-20)10-8-13-21-16-24-22(17-26(21)32-19(2)30)27-23(28(3,4)29-24)14-9-15-25(27)31/h5-7,11-12,16-18,29H,8-10,13-15H2,1-4H3. The van der Waals surface area contributed by atoms with Crippen molar-refractivity contribution in [3.63, 3.8) is 0 Å². The monoisotopic (exact) mass is 431 g/mol. The number of esters is 1. The first kappa shape index (κ1) is 22.3. The number of benzene rings is 2. The molecular formula is C28H33NO3. The highest BCUT2D eigenvalue weighted by atomic mass is 16.5. The first-order valence-corrected chi connectivity index (χ1v) is 11.7. The van der Waals surface area contributed by atoms with E-state index in [4.69, 9.17) is 4.74 Å². The lowest BCUT2D eigenvalue weighted by Crippen LogP contribution is -2.39. The summed E-state index contributed by atoms with van der Waals surface area (Å²) >= 11 is 0. The summed E-state index contributed by atoms with van der Waals surface area (Å²) in [5.41, 5.74) is 5.92. The van der Waals surface area contributed by atoms with Crippen LogP contribution in [0.3, 0.4) is 0 Å². The number of ketones is 1. The summed E-state index contributed by atoms with van der Waals surface area (Å²) in [5.74, 6) is 0.906. The Morgan fingerprint density at radius 1 is 1.16 bits per heavy atom. The molecule has 168 valence electrons. The van der Waals surface area contributed by atoms with Crippen LogP contribution in [0.5, 0.6) is 5.75 Å². The van der Waals surface area contributed by atoms with Crippen molar-refractivity contribution in [1.29, 1.82) is 0 Å². The molecule has 4 nitrogen and oxygen atoms in total. The molecule has 0 saturated carbocycles. The molecule has 4 rings (SSSR count). The van der Waals surface area contributed by atoms with Crippen LogP contribution in [0.1, 0.15) is 82.4 Å². The zero-order valence-electron chi connectivity index (χ0n) is 19.6. The number of carbonyl (C=O) groups is 2. The molecule has 0 aromatic heterocycles. The number of ether oxygens (including phenoxy) is 1. The first-order chi connectivity index (χ1) is 15.3. The van der Waals surface area contributed by atoms with E-state index in [9.17, 15) is 9.59 Å². The van der Waals surface area contributed by atoms with Gasteiger partial charge in [-0.2, -0.15) is 0 Å². The fourth-order valence-corrected chi connectivity index (χ4v) is 5.12. The Bertz CT molecular complexity index is 1070. The lowest BCUT2D eigenvalue weighted by atomic mass is 9.74. The molecule has 1 aliphatic carbocycles. The number of rotatable bonds is 6. The third-order valence-electron chi connectivity index (χ3n) is 6.79. The second kappa shape index (κ2) is 8.93. The predicted octanol–water partition coefficient (Wildman–Crippen LogP) is 6.45. The summed E-state index contributed by atoms with van der Waals surface area (Å²) in [6, 6.07) is 14.6. The smallest absolute Gasteiger partial charge is 0.308 e. The maximum atomic E-state index is 12.9. The van der Waals surface area contributed by atoms with Gasteiger partial charge >= 0.3 is 5.97 Å². The Morgan fingerprint density at radius 2 is 1.91 bits per heavy atom. The third-order valence-corrected chi connectivity index (χ3v) is 6.79. The topological polar surface area (TPSA) is 55.4 Å². The molecule has 1 heterocycles. The fraction of sp³-hybridized carbons (Fsp3) is 0.429. The number of aryl methyl sites for hydroxylation is 1. The maximum absolute atomic E-state index is 12.9. The van der Waals surface area contributed by atoms with Crippen LogP contribution in [-0.4, -0.2) is 17.3 Å². The maximum Gasteiger partial charge on any atom is 0.308 e. The van der Waals surface area contributed by atoms with Crippen molar-refractivity contribution >= 4 is 23.0 Å². The van der Waals surface area contributed by atoms with E-state index in [1.807, 2.05) is 12.1 Å². The second-order valence-electron chi connectivity index (χ2n) is 9.68. The van der Waals surface area contributed by atoms with Gasteiger partial charge < -0.3 is 10.1 Å². The molecule has 2 aliphatic rings. The molecule has 0 amide bonds. The Balaban J connectivity index is 1.63. The van der Waals surface area contributed by atoms with Gasteiger partial charge in [-0.1, -0.05) is 37.3 Å². The summed E-state index contributed by atoms with van der Waals surface area (Å²) in [6.07, 6.45) is 5.24. The number of hydrogen-bond donors (Lipinski definition) is 1. The highest BCUT2D eigenvalue weighted by molar-refractivity contribution is 6.25. The van der Waals surface area contributed by atoms with Crippen LogP contribution in [0, 0.1) is 0 Å². The van der Waals surface area contributed by atoms with Gasteiger partial charge in [0.2, 0.25) is 0 Å². The van der Waals surface area contributed by atoms with Crippen molar-refractivity contribution in [2.75, 3.05) is 5.32 Å². The lowest BCUT2D eigenvalue weighted by molar-refractivity contribution is -0.131. The molecule has 0 spiro atoms. The molecule has 1 atom stereocenters. The van der Waals surface area contributed by atoms with Crippen molar-refractivity contribution in [3.8, 4) is 5.75 Å². The van der Waals surface area contributed by atoms with Gasteiger partial charge in [0, 0.05) is 30.2 Å². The molecule has 1 aliphatic heterocycles. The number of Topliss-reactive ketones (excluding diaryl/α,β-unsaturated/α-hetero) is 1. The van der Waals surface area contributed by atoms with Crippen molar-refractivity contribution in [2.24, 2.45) is 0 Å². The minimum Gasteiger partial charge on any atom is -0.426 e. The molecule has 0 bridgehead atoms. The number of nitrogens with one attached hydrogen (secondary N) is 1. The predicted molar refractivity (Wildman–Crippen MR) is 129 cm³/mol. The molecule has 2 aromatic carbocycles.